The lowest BCUT2D eigenvalue weighted by Gasteiger charge is -2.20. The molecular weight excluding hydrogens is 269 g/mol. The Hall–Kier alpha value is -2.30. The first kappa shape index (κ1) is 13.7. The zero-order chi connectivity index (χ0) is 14.7. The summed E-state index contributed by atoms with van der Waals surface area (Å²) >= 11 is 0. The van der Waals surface area contributed by atoms with Crippen molar-refractivity contribution in [3.8, 4) is 5.75 Å². The van der Waals surface area contributed by atoms with Crippen LogP contribution < -0.4 is 10.2 Å². The molecule has 2 heterocycles. The number of pyridine rings is 1. The number of rotatable bonds is 4. The van der Waals surface area contributed by atoms with Crippen LogP contribution in [0.25, 0.3) is 0 Å². The SMILES string of the molecule is Oc1ccc(CNc2cccnc2N2CCCC2)cc1F. The van der Waals surface area contributed by atoms with Gasteiger partial charge in [0.25, 0.3) is 0 Å². The highest BCUT2D eigenvalue weighted by molar-refractivity contribution is 5.65. The van der Waals surface area contributed by atoms with E-state index in [1.165, 1.54) is 25.0 Å². The number of nitrogens with one attached hydrogen (secondary N) is 1. The van der Waals surface area contributed by atoms with Gasteiger partial charge in [-0.3, -0.25) is 0 Å². The Balaban J connectivity index is 1.74. The summed E-state index contributed by atoms with van der Waals surface area (Å²) in [7, 11) is 0. The Morgan fingerprint density at radius 2 is 2.05 bits per heavy atom. The molecule has 2 N–H and O–H groups in total. The van der Waals surface area contributed by atoms with Crippen molar-refractivity contribution < 1.29 is 9.50 Å². The molecule has 4 nitrogen and oxygen atoms in total. The Labute approximate surface area is 123 Å². The van der Waals surface area contributed by atoms with Crippen LogP contribution in [-0.4, -0.2) is 23.2 Å². The van der Waals surface area contributed by atoms with Gasteiger partial charge in [-0.25, -0.2) is 9.37 Å². The molecule has 0 aliphatic carbocycles. The average molecular weight is 287 g/mol. The molecule has 21 heavy (non-hydrogen) atoms. The maximum Gasteiger partial charge on any atom is 0.165 e. The Morgan fingerprint density at radius 3 is 2.81 bits per heavy atom. The fourth-order valence-corrected chi connectivity index (χ4v) is 2.57. The third-order valence-corrected chi connectivity index (χ3v) is 3.69. The molecule has 1 aliphatic heterocycles. The van der Waals surface area contributed by atoms with Crippen molar-refractivity contribution >= 4 is 11.5 Å². The molecule has 0 atom stereocenters. The van der Waals surface area contributed by atoms with Gasteiger partial charge in [0.15, 0.2) is 17.4 Å². The fourth-order valence-electron chi connectivity index (χ4n) is 2.57. The van der Waals surface area contributed by atoms with Crippen molar-refractivity contribution in [2.45, 2.75) is 19.4 Å². The molecule has 5 heteroatoms. The topological polar surface area (TPSA) is 48.4 Å². The second-order valence-electron chi connectivity index (χ2n) is 5.21. The van der Waals surface area contributed by atoms with Crippen molar-refractivity contribution in [3.63, 3.8) is 0 Å². The summed E-state index contributed by atoms with van der Waals surface area (Å²) in [5, 5.41) is 12.5. The number of halogens is 1. The lowest BCUT2D eigenvalue weighted by atomic mass is 10.2. The maximum atomic E-state index is 13.3. The van der Waals surface area contributed by atoms with Gasteiger partial charge in [-0.1, -0.05) is 6.07 Å². The van der Waals surface area contributed by atoms with Crippen molar-refractivity contribution in [2.75, 3.05) is 23.3 Å². The quantitative estimate of drug-likeness (QED) is 0.907. The molecule has 0 unspecified atom stereocenters. The zero-order valence-electron chi connectivity index (χ0n) is 11.7. The van der Waals surface area contributed by atoms with E-state index in [-0.39, 0.29) is 5.75 Å². The molecule has 0 saturated carbocycles. The van der Waals surface area contributed by atoms with Crippen molar-refractivity contribution in [1.82, 2.24) is 4.98 Å². The molecule has 110 valence electrons. The highest BCUT2D eigenvalue weighted by atomic mass is 19.1. The molecule has 1 aromatic carbocycles. The van der Waals surface area contributed by atoms with Gasteiger partial charge in [0, 0.05) is 25.8 Å². The smallest absolute Gasteiger partial charge is 0.165 e. The largest absolute Gasteiger partial charge is 0.505 e. The van der Waals surface area contributed by atoms with E-state index in [0.717, 1.165) is 30.2 Å². The summed E-state index contributed by atoms with van der Waals surface area (Å²) in [4.78, 5) is 6.72. The van der Waals surface area contributed by atoms with Crippen molar-refractivity contribution in [1.29, 1.82) is 0 Å². The van der Waals surface area contributed by atoms with Gasteiger partial charge in [-0.15, -0.1) is 0 Å². The third kappa shape index (κ3) is 3.07. The summed E-state index contributed by atoms with van der Waals surface area (Å²) in [6, 6.07) is 8.29. The number of hydrogen-bond acceptors (Lipinski definition) is 4. The van der Waals surface area contributed by atoms with Crippen LogP contribution in [0.15, 0.2) is 36.5 Å². The first-order valence-corrected chi connectivity index (χ1v) is 7.15. The van der Waals surface area contributed by atoms with Gasteiger partial charge in [-0.05, 0) is 42.7 Å². The Morgan fingerprint density at radius 1 is 1.24 bits per heavy atom. The Bertz CT molecular complexity index is 627. The first-order chi connectivity index (χ1) is 10.2. The fraction of sp³-hybridized carbons (Fsp3) is 0.312. The minimum Gasteiger partial charge on any atom is -0.505 e. The van der Waals surface area contributed by atoms with Gasteiger partial charge in [-0.2, -0.15) is 0 Å². The van der Waals surface area contributed by atoms with Gasteiger partial charge in [0.2, 0.25) is 0 Å². The number of phenolic OH excluding ortho intramolecular Hbond substituents is 1. The molecule has 0 radical (unpaired) electrons. The second kappa shape index (κ2) is 5.99. The maximum absolute atomic E-state index is 13.3. The Kier molecular flexibility index (Phi) is 3.90. The van der Waals surface area contributed by atoms with Gasteiger partial charge in [0.05, 0.1) is 5.69 Å². The van der Waals surface area contributed by atoms with Crippen LogP contribution in [0.1, 0.15) is 18.4 Å². The predicted molar refractivity (Wildman–Crippen MR) is 81.1 cm³/mol. The standard InChI is InChI=1S/C16H18FN3O/c17-13-10-12(5-6-15(13)21)11-19-14-4-3-7-18-16(14)20-8-1-2-9-20/h3-7,10,19,21H,1-2,8-9,11H2. The molecular formula is C16H18FN3O. The summed E-state index contributed by atoms with van der Waals surface area (Å²) in [6.45, 7) is 2.54. The number of aromatic hydroxyl groups is 1. The van der Waals surface area contributed by atoms with Crippen molar-refractivity contribution in [2.24, 2.45) is 0 Å². The number of hydrogen-bond donors (Lipinski definition) is 2. The van der Waals surface area contributed by atoms with Gasteiger partial charge >= 0.3 is 0 Å². The van der Waals surface area contributed by atoms with E-state index in [1.54, 1.807) is 12.3 Å². The van der Waals surface area contributed by atoms with Crippen LogP contribution in [0.3, 0.4) is 0 Å². The minimum atomic E-state index is -0.597. The number of anilines is 2. The molecule has 0 bridgehead atoms. The van der Waals surface area contributed by atoms with E-state index < -0.39 is 5.82 Å². The molecule has 0 spiro atoms. The molecule has 0 amide bonds. The number of aromatic nitrogens is 1. The van der Waals surface area contributed by atoms with Crippen LogP contribution in [0.2, 0.25) is 0 Å². The number of phenols is 1. The van der Waals surface area contributed by atoms with E-state index in [4.69, 9.17) is 0 Å². The van der Waals surface area contributed by atoms with Crippen LogP contribution >= 0.6 is 0 Å². The van der Waals surface area contributed by atoms with Gasteiger partial charge < -0.3 is 15.3 Å². The lowest BCUT2D eigenvalue weighted by molar-refractivity contribution is 0.432. The summed E-state index contributed by atoms with van der Waals surface area (Å²) in [5.41, 5.74) is 1.73. The average Bonchev–Trinajstić information content (AvgIpc) is 3.03. The molecule has 1 aromatic heterocycles. The summed E-state index contributed by atoms with van der Waals surface area (Å²) in [5.74, 6) is 0.0346. The normalized spacial score (nSPS) is 14.4. The van der Waals surface area contributed by atoms with E-state index in [1.807, 2.05) is 12.1 Å². The van der Waals surface area contributed by atoms with Crippen LogP contribution in [-0.2, 0) is 6.54 Å². The van der Waals surface area contributed by atoms with Crippen LogP contribution in [0, 0.1) is 5.82 Å². The van der Waals surface area contributed by atoms with Crippen molar-refractivity contribution in [3.05, 3.63) is 47.9 Å². The highest BCUT2D eigenvalue weighted by Gasteiger charge is 2.16. The van der Waals surface area contributed by atoms with Gasteiger partial charge in [0.1, 0.15) is 0 Å². The molecule has 1 saturated heterocycles. The van der Waals surface area contributed by atoms with E-state index in [9.17, 15) is 9.50 Å². The minimum absolute atomic E-state index is 0.321. The van der Waals surface area contributed by atoms with E-state index in [2.05, 4.69) is 15.2 Å². The summed E-state index contributed by atoms with van der Waals surface area (Å²) < 4.78 is 13.3. The third-order valence-electron chi connectivity index (χ3n) is 3.69. The molecule has 2 aromatic rings. The molecule has 1 aliphatic rings. The van der Waals surface area contributed by atoms with E-state index in [0.29, 0.717) is 6.54 Å². The number of nitrogens with zero attached hydrogens (tertiary/aromatic N) is 2. The van der Waals surface area contributed by atoms with Crippen LogP contribution in [0.4, 0.5) is 15.9 Å². The number of benzene rings is 1. The lowest BCUT2D eigenvalue weighted by Crippen LogP contribution is -2.20. The second-order valence-corrected chi connectivity index (χ2v) is 5.21. The van der Waals surface area contributed by atoms with E-state index >= 15 is 0 Å². The predicted octanol–water partition coefficient (Wildman–Crippen LogP) is 3.14. The highest BCUT2D eigenvalue weighted by Crippen LogP contribution is 2.26. The molecule has 3 rings (SSSR count). The summed E-state index contributed by atoms with van der Waals surface area (Å²) in [6.07, 6.45) is 4.18. The monoisotopic (exact) mass is 287 g/mol. The molecule has 1 fully saturated rings. The first-order valence-electron chi connectivity index (χ1n) is 7.15. The zero-order valence-corrected chi connectivity index (χ0v) is 11.7. The van der Waals surface area contributed by atoms with Crippen LogP contribution in [0.5, 0.6) is 5.75 Å².